The Labute approximate surface area is 176 Å². The van der Waals surface area contributed by atoms with Crippen molar-refractivity contribution in [2.75, 3.05) is 18.5 Å². The number of carbonyl (C=O) groups excluding carboxylic acids is 4. The Morgan fingerprint density at radius 2 is 1.74 bits per heavy atom. The molecule has 0 spiro atoms. The molecule has 0 aliphatic carbocycles. The summed E-state index contributed by atoms with van der Waals surface area (Å²) in [5.41, 5.74) is 1.79. The number of non-ortho nitro benzene ring substituents is 1. The van der Waals surface area contributed by atoms with Crippen molar-refractivity contribution in [1.29, 1.82) is 0 Å². The van der Waals surface area contributed by atoms with Crippen molar-refractivity contribution < 1.29 is 28.8 Å². The van der Waals surface area contributed by atoms with Gasteiger partial charge in [-0.15, -0.1) is 0 Å². The maximum atomic E-state index is 12.4. The number of hydrogen-bond acceptors (Lipinski definition) is 7. The molecule has 31 heavy (non-hydrogen) atoms. The molecule has 0 bridgehead atoms. The highest BCUT2D eigenvalue weighted by molar-refractivity contribution is 6.21. The van der Waals surface area contributed by atoms with Crippen molar-refractivity contribution in [2.24, 2.45) is 0 Å². The Balaban J connectivity index is 1.40. The molecule has 0 aromatic heterocycles. The molecule has 1 N–H and O–H groups in total. The fourth-order valence-electron chi connectivity index (χ4n) is 3.07. The SMILES string of the molecule is Cc1ccc2c(c1)C(=O)N(CCCC(=O)OCC(=O)Nc1ccc([N+](=O)[O-])cc1)C2=O. The molecule has 0 radical (unpaired) electrons. The number of carbonyl (C=O) groups is 4. The maximum absolute atomic E-state index is 12.4. The number of rotatable bonds is 8. The van der Waals surface area contributed by atoms with Crippen molar-refractivity contribution in [1.82, 2.24) is 4.90 Å². The van der Waals surface area contributed by atoms with Gasteiger partial charge in [0.25, 0.3) is 23.4 Å². The quantitative estimate of drug-likeness (QED) is 0.297. The normalized spacial score (nSPS) is 12.5. The van der Waals surface area contributed by atoms with E-state index in [0.717, 1.165) is 10.5 Å². The summed E-state index contributed by atoms with van der Waals surface area (Å²) in [6, 6.07) is 10.2. The van der Waals surface area contributed by atoms with Crippen LogP contribution in [0.1, 0.15) is 39.1 Å². The molecule has 2 aromatic carbocycles. The number of amides is 3. The summed E-state index contributed by atoms with van der Waals surface area (Å²) in [4.78, 5) is 59.6. The van der Waals surface area contributed by atoms with E-state index < -0.39 is 29.3 Å². The third-order valence-corrected chi connectivity index (χ3v) is 4.61. The molecule has 0 saturated carbocycles. The molecule has 3 amide bonds. The molecule has 1 aliphatic rings. The maximum Gasteiger partial charge on any atom is 0.306 e. The van der Waals surface area contributed by atoms with Gasteiger partial charge in [0.15, 0.2) is 6.61 Å². The average Bonchev–Trinajstić information content (AvgIpc) is 2.97. The van der Waals surface area contributed by atoms with E-state index in [-0.39, 0.29) is 31.0 Å². The molecular weight excluding hydrogens is 406 g/mol. The van der Waals surface area contributed by atoms with Crippen LogP contribution in [-0.4, -0.2) is 46.7 Å². The minimum absolute atomic E-state index is 0.0650. The minimum atomic E-state index is -0.647. The van der Waals surface area contributed by atoms with Gasteiger partial charge >= 0.3 is 5.97 Å². The molecule has 1 aliphatic heterocycles. The van der Waals surface area contributed by atoms with E-state index >= 15 is 0 Å². The first kappa shape index (κ1) is 21.6. The van der Waals surface area contributed by atoms with Crippen LogP contribution < -0.4 is 5.32 Å². The first-order chi connectivity index (χ1) is 14.8. The van der Waals surface area contributed by atoms with Gasteiger partial charge in [-0.3, -0.25) is 34.2 Å². The first-order valence-corrected chi connectivity index (χ1v) is 9.43. The summed E-state index contributed by atoms with van der Waals surface area (Å²) in [6.07, 6.45) is 0.129. The van der Waals surface area contributed by atoms with Crippen LogP contribution in [0.15, 0.2) is 42.5 Å². The predicted molar refractivity (Wildman–Crippen MR) is 108 cm³/mol. The molecule has 3 rings (SSSR count). The number of ether oxygens (including phenoxy) is 1. The lowest BCUT2D eigenvalue weighted by Gasteiger charge is -2.13. The van der Waals surface area contributed by atoms with E-state index in [9.17, 15) is 29.3 Å². The van der Waals surface area contributed by atoms with Gasteiger partial charge in [-0.1, -0.05) is 11.6 Å². The average molecular weight is 425 g/mol. The van der Waals surface area contributed by atoms with Crippen LogP contribution in [0.25, 0.3) is 0 Å². The predicted octanol–water partition coefficient (Wildman–Crippen LogP) is 2.46. The van der Waals surface area contributed by atoms with Crippen molar-refractivity contribution >= 4 is 35.1 Å². The summed E-state index contributed by atoms with van der Waals surface area (Å²) in [5.74, 6) is -2.03. The van der Waals surface area contributed by atoms with Gasteiger partial charge in [0.1, 0.15) is 0 Å². The number of esters is 1. The van der Waals surface area contributed by atoms with Crippen LogP contribution >= 0.6 is 0 Å². The zero-order valence-electron chi connectivity index (χ0n) is 16.6. The molecule has 0 fully saturated rings. The van der Waals surface area contributed by atoms with Gasteiger partial charge in [0, 0.05) is 30.8 Å². The summed E-state index contributed by atoms with van der Waals surface area (Å²) < 4.78 is 4.89. The molecule has 10 nitrogen and oxygen atoms in total. The van der Waals surface area contributed by atoms with Crippen molar-refractivity contribution in [3.8, 4) is 0 Å². The molecule has 10 heteroatoms. The van der Waals surface area contributed by atoms with Crippen molar-refractivity contribution in [3.05, 3.63) is 69.3 Å². The van der Waals surface area contributed by atoms with Gasteiger partial charge in [0.2, 0.25) is 0 Å². The zero-order chi connectivity index (χ0) is 22.5. The highest BCUT2D eigenvalue weighted by Gasteiger charge is 2.35. The summed E-state index contributed by atoms with van der Waals surface area (Å²) >= 11 is 0. The summed E-state index contributed by atoms with van der Waals surface area (Å²) in [5, 5.41) is 13.1. The summed E-state index contributed by atoms with van der Waals surface area (Å²) in [7, 11) is 0. The monoisotopic (exact) mass is 425 g/mol. The second-order valence-corrected chi connectivity index (χ2v) is 6.93. The fourth-order valence-corrected chi connectivity index (χ4v) is 3.07. The van der Waals surface area contributed by atoms with Crippen LogP contribution in [0.2, 0.25) is 0 Å². The van der Waals surface area contributed by atoms with Crippen LogP contribution in [0.3, 0.4) is 0 Å². The molecule has 0 unspecified atom stereocenters. The van der Waals surface area contributed by atoms with Gasteiger partial charge in [-0.05, 0) is 37.6 Å². The van der Waals surface area contributed by atoms with E-state index in [1.54, 1.807) is 18.2 Å². The van der Waals surface area contributed by atoms with E-state index in [1.165, 1.54) is 24.3 Å². The van der Waals surface area contributed by atoms with Gasteiger partial charge in [-0.25, -0.2) is 0 Å². The molecule has 0 saturated heterocycles. The second-order valence-electron chi connectivity index (χ2n) is 6.93. The van der Waals surface area contributed by atoms with E-state index in [2.05, 4.69) is 5.32 Å². The Morgan fingerprint density at radius 1 is 1.06 bits per heavy atom. The number of aryl methyl sites for hydroxylation is 1. The number of imide groups is 1. The van der Waals surface area contributed by atoms with Crippen LogP contribution in [-0.2, 0) is 14.3 Å². The number of nitro groups is 1. The number of hydrogen-bond donors (Lipinski definition) is 1. The van der Waals surface area contributed by atoms with E-state index in [4.69, 9.17) is 4.74 Å². The van der Waals surface area contributed by atoms with Crippen molar-refractivity contribution in [3.63, 3.8) is 0 Å². The molecule has 0 atom stereocenters. The lowest BCUT2D eigenvalue weighted by molar-refractivity contribution is -0.384. The van der Waals surface area contributed by atoms with Gasteiger partial charge in [0.05, 0.1) is 16.1 Å². The van der Waals surface area contributed by atoms with E-state index in [0.29, 0.717) is 16.8 Å². The topological polar surface area (TPSA) is 136 Å². The highest BCUT2D eigenvalue weighted by atomic mass is 16.6. The Morgan fingerprint density at radius 3 is 2.42 bits per heavy atom. The number of nitrogens with zero attached hydrogens (tertiary/aromatic N) is 2. The minimum Gasteiger partial charge on any atom is -0.456 e. The lowest BCUT2D eigenvalue weighted by atomic mass is 10.1. The van der Waals surface area contributed by atoms with Crippen LogP contribution in [0.4, 0.5) is 11.4 Å². The molecule has 1 heterocycles. The van der Waals surface area contributed by atoms with Gasteiger partial charge < -0.3 is 10.1 Å². The van der Waals surface area contributed by atoms with E-state index in [1.807, 2.05) is 6.92 Å². The lowest BCUT2D eigenvalue weighted by Crippen LogP contribution is -2.31. The molecule has 160 valence electrons. The Kier molecular flexibility index (Phi) is 6.39. The Bertz CT molecular complexity index is 1060. The number of nitrogens with one attached hydrogen (secondary N) is 1. The third kappa shape index (κ3) is 5.10. The smallest absolute Gasteiger partial charge is 0.306 e. The van der Waals surface area contributed by atoms with Crippen LogP contribution in [0.5, 0.6) is 0 Å². The van der Waals surface area contributed by atoms with Gasteiger partial charge in [-0.2, -0.15) is 0 Å². The number of anilines is 1. The largest absolute Gasteiger partial charge is 0.456 e. The molecular formula is C21H19N3O7. The van der Waals surface area contributed by atoms with Crippen molar-refractivity contribution in [2.45, 2.75) is 19.8 Å². The first-order valence-electron chi connectivity index (χ1n) is 9.43. The zero-order valence-corrected chi connectivity index (χ0v) is 16.6. The highest BCUT2D eigenvalue weighted by Crippen LogP contribution is 2.24. The number of benzene rings is 2. The second kappa shape index (κ2) is 9.16. The number of fused-ring (bicyclic) bond motifs is 1. The third-order valence-electron chi connectivity index (χ3n) is 4.61. The fraction of sp³-hybridized carbons (Fsp3) is 0.238. The molecule has 2 aromatic rings. The Hall–Kier alpha value is -4.08. The van der Waals surface area contributed by atoms with Crippen LogP contribution in [0, 0.1) is 17.0 Å². The summed E-state index contributed by atoms with van der Waals surface area (Å²) in [6.45, 7) is 1.37. The number of nitro benzene ring substituents is 1. The standard InChI is InChI=1S/C21H19N3O7/c1-13-4-9-16-17(11-13)21(28)23(20(16)27)10-2-3-19(26)31-12-18(25)22-14-5-7-15(8-6-14)24(29)30/h4-9,11H,2-3,10,12H2,1H3,(H,22,25).